The summed E-state index contributed by atoms with van der Waals surface area (Å²) in [6, 6.07) is 6.13. The van der Waals surface area contributed by atoms with Crippen molar-refractivity contribution in [3.63, 3.8) is 0 Å². The van der Waals surface area contributed by atoms with E-state index in [2.05, 4.69) is 13.6 Å². The number of benzene rings is 1. The van der Waals surface area contributed by atoms with Crippen molar-refractivity contribution in [2.24, 2.45) is 0 Å². The van der Waals surface area contributed by atoms with Crippen molar-refractivity contribution < 1.29 is 44.2 Å². The Morgan fingerprint density at radius 1 is 1.20 bits per heavy atom. The third-order valence-corrected chi connectivity index (χ3v) is 4.26. The summed E-state index contributed by atoms with van der Waals surface area (Å²) in [6.07, 6.45) is 6.78. The second kappa shape index (κ2) is 5.55. The van der Waals surface area contributed by atoms with Crippen LogP contribution in [0.15, 0.2) is 18.2 Å². The van der Waals surface area contributed by atoms with Crippen LogP contribution in [-0.4, -0.2) is 6.61 Å². The summed E-state index contributed by atoms with van der Waals surface area (Å²) in [5.74, 6) is 1.17. The molecule has 1 saturated carbocycles. The van der Waals surface area contributed by atoms with Crippen molar-refractivity contribution in [1.29, 1.82) is 0 Å². The zero-order chi connectivity index (χ0) is 10.7. The van der Waals surface area contributed by atoms with Crippen molar-refractivity contribution in [3.05, 3.63) is 29.3 Å². The predicted octanol–water partition coefficient (Wildman–Crippen LogP) is 3.14. The van der Waals surface area contributed by atoms with Gasteiger partial charge in [0, 0.05) is 0 Å². The van der Waals surface area contributed by atoms with Gasteiger partial charge in [-0.2, -0.15) is 0 Å². The van der Waals surface area contributed by atoms with Crippen molar-refractivity contribution in [2.75, 3.05) is 0 Å². The fourth-order valence-electron chi connectivity index (χ4n) is 2.38. The van der Waals surface area contributed by atoms with E-state index in [1.165, 1.54) is 37.7 Å². The molecule has 1 aliphatic carbocycles. The number of hydrogen-bond acceptors (Lipinski definition) is 1. The molecule has 0 aliphatic heterocycles. The summed E-state index contributed by atoms with van der Waals surface area (Å²) in [7, 11) is 0. The number of phenols is 1. The maximum atomic E-state index is 9.62. The number of phenolic OH excluding ortho intramolecular Hbond substituents is 1. The number of aromatic hydroxyl groups is 1. The van der Waals surface area contributed by atoms with Crippen LogP contribution in [0, 0.1) is 39.1 Å². The van der Waals surface area contributed by atoms with Gasteiger partial charge < -0.3 is 0 Å². The van der Waals surface area contributed by atoms with Gasteiger partial charge >= 0.3 is 119 Å². The fourth-order valence-corrected chi connectivity index (χ4v) is 3.10. The van der Waals surface area contributed by atoms with E-state index in [0.717, 1.165) is 50.6 Å². The molecule has 0 unspecified atom stereocenters. The van der Waals surface area contributed by atoms with Crippen molar-refractivity contribution in [3.8, 4) is 5.75 Å². The van der Waals surface area contributed by atoms with Gasteiger partial charge in [-0.1, -0.05) is 0 Å². The minimum absolute atomic E-state index is 0.435. The molecule has 15 heavy (non-hydrogen) atoms. The summed E-state index contributed by atoms with van der Waals surface area (Å²) in [6.45, 7) is 0. The Balaban J connectivity index is 2.23. The SMILES string of the molecule is Oc1ccc(C2CCCCC2)cc1[CH]=[Ce]. The van der Waals surface area contributed by atoms with Crippen molar-refractivity contribution in [2.45, 2.75) is 38.0 Å². The Kier molecular flexibility index (Phi) is 4.35. The molecule has 2 heteroatoms. The Bertz CT molecular complexity index is 354. The van der Waals surface area contributed by atoms with Crippen LogP contribution in [0.5, 0.6) is 5.75 Å². The molecule has 1 nitrogen and oxygen atoms in total. The topological polar surface area (TPSA) is 20.2 Å². The van der Waals surface area contributed by atoms with Crippen molar-refractivity contribution >= 4 is 1.50 Å². The molecule has 0 heterocycles. The van der Waals surface area contributed by atoms with Gasteiger partial charge in [0.15, 0.2) is 0 Å². The van der Waals surface area contributed by atoms with E-state index in [0.29, 0.717) is 5.75 Å². The molecule has 0 saturated heterocycles. The molecule has 1 aromatic rings. The van der Waals surface area contributed by atoms with Gasteiger partial charge in [0.2, 0.25) is 0 Å². The van der Waals surface area contributed by atoms with Gasteiger partial charge in [-0.25, -0.2) is 0 Å². The zero-order valence-electron chi connectivity index (χ0n) is 8.87. The molecular formula is C13H16CeO. The first kappa shape index (κ1) is 11.7. The molecule has 1 aliphatic rings. The second-order valence-corrected chi connectivity index (χ2v) is 5.20. The van der Waals surface area contributed by atoms with Gasteiger partial charge in [0.1, 0.15) is 0 Å². The van der Waals surface area contributed by atoms with Gasteiger partial charge in [-0.3, -0.25) is 0 Å². The molecule has 1 aromatic carbocycles. The van der Waals surface area contributed by atoms with Crippen LogP contribution in [0.1, 0.15) is 49.1 Å². The van der Waals surface area contributed by atoms with Crippen LogP contribution in [0.3, 0.4) is 0 Å². The zero-order valence-corrected chi connectivity index (χ0v) is 12.0. The van der Waals surface area contributed by atoms with E-state index in [1.807, 2.05) is 6.07 Å². The average Bonchev–Trinajstić information content (AvgIpc) is 2.31. The maximum absolute atomic E-state index is 9.62. The van der Waals surface area contributed by atoms with Gasteiger partial charge in [0.25, 0.3) is 0 Å². The summed E-state index contributed by atoms with van der Waals surface area (Å²) in [5, 5.41) is 9.62. The molecule has 0 aromatic heterocycles. The Morgan fingerprint density at radius 3 is 2.60 bits per heavy atom. The van der Waals surface area contributed by atoms with Crippen LogP contribution >= 0.6 is 0 Å². The van der Waals surface area contributed by atoms with E-state index in [-0.39, 0.29) is 0 Å². The minimum atomic E-state index is 0.435. The summed E-state index contributed by atoms with van der Waals surface area (Å²) in [5.41, 5.74) is 2.46. The van der Waals surface area contributed by atoms with E-state index in [9.17, 15) is 5.11 Å². The van der Waals surface area contributed by atoms with Gasteiger partial charge in [0.05, 0.1) is 0 Å². The monoisotopic (exact) mass is 328 g/mol. The molecule has 0 radical (unpaired) electrons. The van der Waals surface area contributed by atoms with Gasteiger partial charge in [-0.05, 0) is 0 Å². The van der Waals surface area contributed by atoms with Crippen molar-refractivity contribution in [1.82, 2.24) is 0 Å². The third kappa shape index (κ3) is 2.89. The summed E-state index contributed by atoms with van der Waals surface area (Å²) in [4.78, 5) is 0. The predicted molar refractivity (Wildman–Crippen MR) is 59.1 cm³/mol. The van der Waals surface area contributed by atoms with E-state index < -0.39 is 0 Å². The number of hydrogen-bond donors (Lipinski definition) is 1. The molecule has 1 fully saturated rings. The second-order valence-electron chi connectivity index (χ2n) is 4.30. The first-order valence-corrected chi connectivity index (χ1v) is 7.46. The Labute approximate surface area is 118 Å². The third-order valence-electron chi connectivity index (χ3n) is 3.28. The summed E-state index contributed by atoms with van der Waals surface area (Å²) < 4.78 is 2.11. The fraction of sp³-hybridized carbons (Fsp3) is 0.462. The molecule has 1 N–H and O–H groups in total. The molecule has 0 amide bonds. The average molecular weight is 328 g/mol. The molecular weight excluding hydrogens is 312 g/mol. The first-order valence-electron chi connectivity index (χ1n) is 5.64. The number of rotatable bonds is 2. The van der Waals surface area contributed by atoms with Gasteiger partial charge in [-0.15, -0.1) is 0 Å². The Hall–Kier alpha value is 0.267. The molecule has 0 spiro atoms. The van der Waals surface area contributed by atoms with Crippen LogP contribution in [0.25, 0.3) is 0 Å². The normalized spacial score (nSPS) is 17.5. The van der Waals surface area contributed by atoms with Crippen LogP contribution < -0.4 is 0 Å². The van der Waals surface area contributed by atoms with E-state index in [1.54, 1.807) is 0 Å². The van der Waals surface area contributed by atoms with Crippen LogP contribution in [0.4, 0.5) is 0 Å². The van der Waals surface area contributed by atoms with E-state index in [4.69, 9.17) is 0 Å². The standard InChI is InChI=1S/C13H16O.Ce/c1-10-9-12(7-8-13(10)14)11-5-3-2-4-6-11;/h1,7-9,11,14H,2-6H2;. The molecule has 0 bridgehead atoms. The molecule has 78 valence electrons. The van der Waals surface area contributed by atoms with Crippen LogP contribution in [-0.2, 0) is 0 Å². The Morgan fingerprint density at radius 2 is 1.93 bits per heavy atom. The molecule has 0 atom stereocenters. The first-order chi connectivity index (χ1) is 7.31. The quantitative estimate of drug-likeness (QED) is 0.884. The van der Waals surface area contributed by atoms with E-state index >= 15 is 0 Å². The van der Waals surface area contributed by atoms with Crippen LogP contribution in [0.2, 0.25) is 0 Å². The summed E-state index contributed by atoms with van der Waals surface area (Å²) >= 11 is 1.00. The molecule has 2 rings (SSSR count).